The normalized spacial score (nSPS) is 11.3. The van der Waals surface area contributed by atoms with E-state index < -0.39 is 0 Å². The molecule has 0 aliphatic rings. The number of H-pyrrole nitrogens is 1. The summed E-state index contributed by atoms with van der Waals surface area (Å²) in [5, 5.41) is 6.70. The van der Waals surface area contributed by atoms with E-state index in [2.05, 4.69) is 52.6 Å². The molecular formula is C24H34IN5O2. The zero-order chi connectivity index (χ0) is 21.9. The third-order valence-corrected chi connectivity index (χ3v) is 4.76. The van der Waals surface area contributed by atoms with Crippen molar-refractivity contribution in [1.29, 1.82) is 0 Å². The van der Waals surface area contributed by atoms with Crippen LogP contribution in [0, 0.1) is 6.92 Å². The van der Waals surface area contributed by atoms with Gasteiger partial charge in [0.05, 0.1) is 24.2 Å². The standard InChI is InChI=1S/C24H33N5O2.HI/c1-4-25-24(26-13-12-23-28-20-8-6-7-9-21(20)29-23)27-17-19-11-10-18(3)16-22(19)31-15-14-30-5-2;/h6-11,16H,4-5,12-15,17H2,1-3H3,(H,28,29)(H2,25,26,27);1H. The Morgan fingerprint density at radius 2 is 1.94 bits per heavy atom. The van der Waals surface area contributed by atoms with Crippen LogP contribution in [0.5, 0.6) is 5.75 Å². The molecule has 0 amide bonds. The van der Waals surface area contributed by atoms with Crippen molar-refractivity contribution in [2.75, 3.05) is 32.9 Å². The molecular weight excluding hydrogens is 517 g/mol. The summed E-state index contributed by atoms with van der Waals surface area (Å²) in [7, 11) is 0. The third kappa shape index (κ3) is 7.98. The highest BCUT2D eigenvalue weighted by molar-refractivity contribution is 14.0. The molecule has 0 radical (unpaired) electrons. The zero-order valence-corrected chi connectivity index (χ0v) is 21.4. The number of benzene rings is 2. The van der Waals surface area contributed by atoms with Crippen LogP contribution in [-0.2, 0) is 17.7 Å². The van der Waals surface area contributed by atoms with Crippen LogP contribution in [0.25, 0.3) is 11.0 Å². The van der Waals surface area contributed by atoms with Gasteiger partial charge in [-0.2, -0.15) is 0 Å². The fourth-order valence-corrected chi connectivity index (χ4v) is 3.21. The van der Waals surface area contributed by atoms with E-state index in [1.807, 2.05) is 31.2 Å². The van der Waals surface area contributed by atoms with Crippen LogP contribution >= 0.6 is 24.0 Å². The molecule has 3 rings (SSSR count). The number of aryl methyl sites for hydroxylation is 1. The minimum atomic E-state index is 0. The monoisotopic (exact) mass is 551 g/mol. The predicted molar refractivity (Wildman–Crippen MR) is 141 cm³/mol. The van der Waals surface area contributed by atoms with Gasteiger partial charge in [0.25, 0.3) is 0 Å². The van der Waals surface area contributed by atoms with E-state index >= 15 is 0 Å². The number of aromatic nitrogens is 2. The van der Waals surface area contributed by atoms with E-state index in [4.69, 9.17) is 14.5 Å². The van der Waals surface area contributed by atoms with Crippen molar-refractivity contribution >= 4 is 41.0 Å². The van der Waals surface area contributed by atoms with Crippen molar-refractivity contribution in [3.05, 3.63) is 59.4 Å². The number of nitrogens with zero attached hydrogens (tertiary/aromatic N) is 2. The molecule has 32 heavy (non-hydrogen) atoms. The first-order valence-electron chi connectivity index (χ1n) is 11.0. The SMILES string of the molecule is CCNC(=NCc1ccc(C)cc1OCCOCC)NCCc1nc2ccccc2[nH]1.I. The average molecular weight is 551 g/mol. The van der Waals surface area contributed by atoms with E-state index in [9.17, 15) is 0 Å². The molecule has 0 saturated carbocycles. The van der Waals surface area contributed by atoms with E-state index in [-0.39, 0.29) is 24.0 Å². The summed E-state index contributed by atoms with van der Waals surface area (Å²) in [5.41, 5.74) is 4.27. The Morgan fingerprint density at radius 1 is 1.09 bits per heavy atom. The lowest BCUT2D eigenvalue weighted by Gasteiger charge is -2.13. The van der Waals surface area contributed by atoms with Gasteiger partial charge in [0.2, 0.25) is 0 Å². The molecule has 0 aliphatic heterocycles. The van der Waals surface area contributed by atoms with Crippen molar-refractivity contribution < 1.29 is 9.47 Å². The Morgan fingerprint density at radius 3 is 2.72 bits per heavy atom. The van der Waals surface area contributed by atoms with Crippen LogP contribution in [0.1, 0.15) is 30.8 Å². The number of nitrogens with one attached hydrogen (secondary N) is 3. The molecule has 7 nitrogen and oxygen atoms in total. The van der Waals surface area contributed by atoms with E-state index in [0.717, 1.165) is 59.2 Å². The Labute approximate surface area is 207 Å². The van der Waals surface area contributed by atoms with Crippen LogP contribution in [0.2, 0.25) is 0 Å². The number of rotatable bonds is 11. The van der Waals surface area contributed by atoms with Crippen molar-refractivity contribution in [2.24, 2.45) is 4.99 Å². The second-order valence-corrected chi connectivity index (χ2v) is 7.23. The summed E-state index contributed by atoms with van der Waals surface area (Å²) < 4.78 is 11.3. The number of imidazole rings is 1. The van der Waals surface area contributed by atoms with Crippen LogP contribution in [0.3, 0.4) is 0 Å². The smallest absolute Gasteiger partial charge is 0.191 e. The molecule has 174 valence electrons. The number of para-hydroxylation sites is 2. The molecule has 3 N–H and O–H groups in total. The van der Waals surface area contributed by atoms with E-state index in [1.54, 1.807) is 0 Å². The summed E-state index contributed by atoms with van der Waals surface area (Å²) in [6.45, 7) is 9.97. The van der Waals surface area contributed by atoms with Crippen LogP contribution in [0.15, 0.2) is 47.5 Å². The second kappa shape index (κ2) is 13.9. The fraction of sp³-hybridized carbons (Fsp3) is 0.417. The first-order chi connectivity index (χ1) is 15.2. The van der Waals surface area contributed by atoms with Gasteiger partial charge >= 0.3 is 0 Å². The molecule has 0 fully saturated rings. The summed E-state index contributed by atoms with van der Waals surface area (Å²) in [6.07, 6.45) is 0.787. The third-order valence-electron chi connectivity index (χ3n) is 4.76. The minimum absolute atomic E-state index is 0. The van der Waals surface area contributed by atoms with Gasteiger partial charge in [-0.05, 0) is 44.5 Å². The van der Waals surface area contributed by atoms with Gasteiger partial charge in [0.1, 0.15) is 18.2 Å². The van der Waals surface area contributed by atoms with E-state index in [0.29, 0.717) is 26.4 Å². The summed E-state index contributed by atoms with van der Waals surface area (Å²) >= 11 is 0. The maximum absolute atomic E-state index is 5.93. The molecule has 1 heterocycles. The number of hydrogen-bond donors (Lipinski definition) is 3. The van der Waals surface area contributed by atoms with Crippen molar-refractivity contribution in [2.45, 2.75) is 33.7 Å². The van der Waals surface area contributed by atoms with Crippen LogP contribution in [0.4, 0.5) is 0 Å². The first-order valence-corrected chi connectivity index (χ1v) is 11.0. The predicted octanol–water partition coefficient (Wildman–Crippen LogP) is 4.20. The number of hydrogen-bond acceptors (Lipinski definition) is 4. The number of ether oxygens (including phenoxy) is 2. The molecule has 0 aliphatic carbocycles. The van der Waals surface area contributed by atoms with Gasteiger partial charge in [0, 0.05) is 31.7 Å². The van der Waals surface area contributed by atoms with Crippen molar-refractivity contribution in [3.8, 4) is 5.75 Å². The van der Waals surface area contributed by atoms with Crippen LogP contribution in [-0.4, -0.2) is 48.8 Å². The maximum Gasteiger partial charge on any atom is 0.191 e. The van der Waals surface area contributed by atoms with E-state index in [1.165, 1.54) is 0 Å². The highest BCUT2D eigenvalue weighted by Crippen LogP contribution is 2.21. The lowest BCUT2D eigenvalue weighted by Crippen LogP contribution is -2.38. The van der Waals surface area contributed by atoms with Gasteiger partial charge in [-0.1, -0.05) is 24.3 Å². The number of guanidine groups is 1. The second-order valence-electron chi connectivity index (χ2n) is 7.23. The summed E-state index contributed by atoms with van der Waals surface area (Å²) in [4.78, 5) is 12.7. The van der Waals surface area contributed by atoms with Gasteiger partial charge in [-0.3, -0.25) is 0 Å². The highest BCUT2D eigenvalue weighted by Gasteiger charge is 2.06. The number of aromatic amines is 1. The van der Waals surface area contributed by atoms with Crippen molar-refractivity contribution in [1.82, 2.24) is 20.6 Å². The lowest BCUT2D eigenvalue weighted by molar-refractivity contribution is 0.110. The average Bonchev–Trinajstić information content (AvgIpc) is 3.19. The summed E-state index contributed by atoms with van der Waals surface area (Å²) in [5.74, 6) is 2.61. The Bertz CT molecular complexity index is 956. The fourth-order valence-electron chi connectivity index (χ4n) is 3.21. The molecule has 0 unspecified atom stereocenters. The Balaban J connectivity index is 0.00000363. The van der Waals surface area contributed by atoms with Crippen LogP contribution < -0.4 is 15.4 Å². The van der Waals surface area contributed by atoms with Crippen molar-refractivity contribution in [3.63, 3.8) is 0 Å². The largest absolute Gasteiger partial charge is 0.491 e. The Kier molecular flexibility index (Phi) is 11.3. The molecule has 1 aromatic heterocycles. The molecule has 3 aromatic rings. The molecule has 0 bridgehead atoms. The number of fused-ring (bicyclic) bond motifs is 1. The number of halogens is 1. The lowest BCUT2D eigenvalue weighted by atomic mass is 10.1. The molecule has 0 spiro atoms. The molecule has 0 atom stereocenters. The first kappa shape index (κ1) is 25.9. The topological polar surface area (TPSA) is 83.6 Å². The molecule has 8 heteroatoms. The quantitative estimate of drug-likeness (QED) is 0.144. The highest BCUT2D eigenvalue weighted by atomic mass is 127. The van der Waals surface area contributed by atoms with Gasteiger partial charge in [-0.15, -0.1) is 24.0 Å². The molecule has 2 aromatic carbocycles. The minimum Gasteiger partial charge on any atom is -0.491 e. The van der Waals surface area contributed by atoms with Gasteiger partial charge in [-0.25, -0.2) is 9.98 Å². The maximum atomic E-state index is 5.93. The number of aliphatic imine (C=N–C) groups is 1. The Hall–Kier alpha value is -2.33. The zero-order valence-electron chi connectivity index (χ0n) is 19.1. The summed E-state index contributed by atoms with van der Waals surface area (Å²) in [6, 6.07) is 14.3. The molecule has 0 saturated heterocycles. The van der Waals surface area contributed by atoms with Gasteiger partial charge in [0.15, 0.2) is 5.96 Å². The van der Waals surface area contributed by atoms with Gasteiger partial charge < -0.3 is 25.1 Å².